The Bertz CT molecular complexity index is 478. The van der Waals surface area contributed by atoms with Crippen LogP contribution in [-0.4, -0.2) is 26.5 Å². The number of rotatable bonds is 4. The van der Waals surface area contributed by atoms with E-state index >= 15 is 0 Å². The molecule has 0 bridgehead atoms. The van der Waals surface area contributed by atoms with Crippen LogP contribution in [0.25, 0.3) is 0 Å². The van der Waals surface area contributed by atoms with Gasteiger partial charge in [0.15, 0.2) is 5.82 Å². The number of benzene rings is 1. The van der Waals surface area contributed by atoms with Gasteiger partial charge in [-0.2, -0.15) is 0 Å². The highest BCUT2D eigenvalue weighted by atomic mass is 16.5. The second-order valence-corrected chi connectivity index (χ2v) is 3.19. The van der Waals surface area contributed by atoms with Crippen molar-refractivity contribution >= 4 is 6.29 Å². The molecule has 0 N–H and O–H groups in total. The lowest BCUT2D eigenvalue weighted by molar-refractivity contribution is 0.112. The van der Waals surface area contributed by atoms with E-state index in [0.717, 1.165) is 6.29 Å². The van der Waals surface area contributed by atoms with E-state index in [1.807, 2.05) is 0 Å². The van der Waals surface area contributed by atoms with E-state index in [0.29, 0.717) is 23.7 Å². The van der Waals surface area contributed by atoms with Crippen molar-refractivity contribution < 1.29 is 9.53 Å². The number of aryl methyl sites for hydroxylation is 1. The normalized spacial score (nSPS) is 10.1. The van der Waals surface area contributed by atoms with Crippen LogP contribution in [-0.2, 0) is 13.7 Å². The Labute approximate surface area is 91.8 Å². The zero-order chi connectivity index (χ0) is 11.4. The minimum absolute atomic E-state index is 0.296. The fourth-order valence-electron chi connectivity index (χ4n) is 1.16. The van der Waals surface area contributed by atoms with E-state index in [1.54, 1.807) is 36.0 Å². The van der Waals surface area contributed by atoms with Gasteiger partial charge in [-0.05, 0) is 34.7 Å². The molecule has 0 aliphatic heterocycles. The summed E-state index contributed by atoms with van der Waals surface area (Å²) in [5.74, 6) is 1.31. The van der Waals surface area contributed by atoms with E-state index in [4.69, 9.17) is 4.74 Å². The first-order chi connectivity index (χ1) is 7.79. The molecule has 82 valence electrons. The Balaban J connectivity index is 1.99. The van der Waals surface area contributed by atoms with E-state index in [1.165, 1.54) is 0 Å². The fraction of sp³-hybridized carbons (Fsp3) is 0.200. The quantitative estimate of drug-likeness (QED) is 0.703. The summed E-state index contributed by atoms with van der Waals surface area (Å²) >= 11 is 0. The zero-order valence-corrected chi connectivity index (χ0v) is 8.70. The molecule has 0 atom stereocenters. The van der Waals surface area contributed by atoms with E-state index < -0.39 is 0 Å². The molecule has 0 amide bonds. The van der Waals surface area contributed by atoms with Crippen LogP contribution in [0.2, 0.25) is 0 Å². The maximum Gasteiger partial charge on any atom is 0.188 e. The van der Waals surface area contributed by atoms with Crippen LogP contribution in [0.5, 0.6) is 5.75 Å². The Hall–Kier alpha value is -2.24. The number of tetrazole rings is 1. The van der Waals surface area contributed by atoms with Crippen molar-refractivity contribution in [2.24, 2.45) is 7.05 Å². The summed E-state index contributed by atoms with van der Waals surface area (Å²) < 4.78 is 6.99. The number of carbonyl (C=O) groups excluding carboxylic acids is 1. The molecule has 6 heteroatoms. The summed E-state index contributed by atoms with van der Waals surface area (Å²) in [7, 11) is 1.74. The Morgan fingerprint density at radius 1 is 1.38 bits per heavy atom. The molecular weight excluding hydrogens is 208 g/mol. The molecule has 16 heavy (non-hydrogen) atoms. The highest BCUT2D eigenvalue weighted by molar-refractivity contribution is 5.74. The average molecular weight is 218 g/mol. The molecular formula is C10H10N4O2. The van der Waals surface area contributed by atoms with Gasteiger partial charge >= 0.3 is 0 Å². The van der Waals surface area contributed by atoms with Gasteiger partial charge in [-0.25, -0.2) is 4.68 Å². The second-order valence-electron chi connectivity index (χ2n) is 3.19. The van der Waals surface area contributed by atoms with Gasteiger partial charge in [-0.15, -0.1) is 5.10 Å². The number of aromatic nitrogens is 4. The number of carbonyl (C=O) groups is 1. The summed E-state index contributed by atoms with van der Waals surface area (Å²) in [6.45, 7) is 0.296. The van der Waals surface area contributed by atoms with Crippen molar-refractivity contribution in [3.63, 3.8) is 0 Å². The molecule has 2 aromatic rings. The predicted molar refractivity (Wildman–Crippen MR) is 55.0 cm³/mol. The van der Waals surface area contributed by atoms with Crippen molar-refractivity contribution in [2.75, 3.05) is 0 Å². The molecule has 0 unspecified atom stereocenters. The maximum absolute atomic E-state index is 10.4. The SMILES string of the molecule is Cn1nnnc1COc1ccc(C=O)cc1. The number of hydrogen-bond acceptors (Lipinski definition) is 5. The zero-order valence-electron chi connectivity index (χ0n) is 8.70. The van der Waals surface area contributed by atoms with Gasteiger partial charge in [-0.3, -0.25) is 4.79 Å². The molecule has 1 aromatic heterocycles. The van der Waals surface area contributed by atoms with Crippen LogP contribution < -0.4 is 4.74 Å². The standard InChI is InChI=1S/C10H10N4O2/c1-14-10(11-12-13-14)7-16-9-4-2-8(6-15)3-5-9/h2-6H,7H2,1H3. The lowest BCUT2D eigenvalue weighted by atomic mass is 10.2. The molecule has 1 heterocycles. The van der Waals surface area contributed by atoms with Gasteiger partial charge in [0, 0.05) is 12.6 Å². The van der Waals surface area contributed by atoms with Crippen LogP contribution >= 0.6 is 0 Å². The Kier molecular flexibility index (Phi) is 2.90. The molecule has 0 aliphatic carbocycles. The molecule has 0 aliphatic rings. The van der Waals surface area contributed by atoms with Gasteiger partial charge in [0.1, 0.15) is 18.6 Å². The lowest BCUT2D eigenvalue weighted by Gasteiger charge is -2.04. The fourth-order valence-corrected chi connectivity index (χ4v) is 1.16. The topological polar surface area (TPSA) is 69.9 Å². The van der Waals surface area contributed by atoms with E-state index in [-0.39, 0.29) is 0 Å². The minimum Gasteiger partial charge on any atom is -0.486 e. The number of hydrogen-bond donors (Lipinski definition) is 0. The molecule has 0 saturated carbocycles. The van der Waals surface area contributed by atoms with Crippen LogP contribution in [0, 0.1) is 0 Å². The van der Waals surface area contributed by atoms with E-state index in [9.17, 15) is 4.79 Å². The molecule has 0 fully saturated rings. The minimum atomic E-state index is 0.296. The van der Waals surface area contributed by atoms with Crippen LogP contribution in [0.4, 0.5) is 0 Å². The largest absolute Gasteiger partial charge is 0.486 e. The Morgan fingerprint density at radius 2 is 2.12 bits per heavy atom. The highest BCUT2D eigenvalue weighted by Gasteiger charge is 2.02. The molecule has 0 radical (unpaired) electrons. The third-order valence-corrected chi connectivity index (χ3v) is 2.09. The monoisotopic (exact) mass is 218 g/mol. The maximum atomic E-state index is 10.4. The predicted octanol–water partition coefficient (Wildman–Crippen LogP) is 0.602. The second kappa shape index (κ2) is 4.52. The van der Waals surface area contributed by atoms with Crippen molar-refractivity contribution in [1.29, 1.82) is 0 Å². The van der Waals surface area contributed by atoms with Crippen molar-refractivity contribution in [1.82, 2.24) is 20.2 Å². The van der Waals surface area contributed by atoms with Gasteiger partial charge in [0.2, 0.25) is 0 Å². The number of ether oxygens (including phenoxy) is 1. The van der Waals surface area contributed by atoms with Crippen molar-refractivity contribution in [3.05, 3.63) is 35.7 Å². The molecule has 0 spiro atoms. The first-order valence-corrected chi connectivity index (χ1v) is 4.69. The molecule has 0 saturated heterocycles. The van der Waals surface area contributed by atoms with Gasteiger partial charge < -0.3 is 4.74 Å². The van der Waals surface area contributed by atoms with Gasteiger partial charge in [0.05, 0.1) is 0 Å². The highest BCUT2D eigenvalue weighted by Crippen LogP contribution is 2.12. The lowest BCUT2D eigenvalue weighted by Crippen LogP contribution is -2.04. The number of nitrogens with zero attached hydrogens (tertiary/aromatic N) is 4. The van der Waals surface area contributed by atoms with E-state index in [2.05, 4.69) is 15.5 Å². The third kappa shape index (κ3) is 2.22. The smallest absolute Gasteiger partial charge is 0.188 e. The van der Waals surface area contributed by atoms with Crippen LogP contribution in [0.15, 0.2) is 24.3 Å². The summed E-state index contributed by atoms with van der Waals surface area (Å²) in [5.41, 5.74) is 0.618. The average Bonchev–Trinajstić information content (AvgIpc) is 2.73. The Morgan fingerprint density at radius 3 is 2.69 bits per heavy atom. The summed E-state index contributed by atoms with van der Waals surface area (Å²) in [4.78, 5) is 10.4. The number of aldehydes is 1. The third-order valence-electron chi connectivity index (χ3n) is 2.09. The molecule has 6 nitrogen and oxygen atoms in total. The first kappa shape index (κ1) is 10.3. The summed E-state index contributed by atoms with van der Waals surface area (Å²) in [6, 6.07) is 6.84. The van der Waals surface area contributed by atoms with Crippen LogP contribution in [0.1, 0.15) is 16.2 Å². The summed E-state index contributed by atoms with van der Waals surface area (Å²) in [5, 5.41) is 11.0. The summed E-state index contributed by atoms with van der Waals surface area (Å²) in [6.07, 6.45) is 0.788. The van der Waals surface area contributed by atoms with Crippen LogP contribution in [0.3, 0.4) is 0 Å². The van der Waals surface area contributed by atoms with Crippen molar-refractivity contribution in [2.45, 2.75) is 6.61 Å². The van der Waals surface area contributed by atoms with Crippen molar-refractivity contribution in [3.8, 4) is 5.75 Å². The first-order valence-electron chi connectivity index (χ1n) is 4.69. The molecule has 2 rings (SSSR count). The van der Waals surface area contributed by atoms with Gasteiger partial charge in [0.25, 0.3) is 0 Å². The molecule has 1 aromatic carbocycles. The van der Waals surface area contributed by atoms with Gasteiger partial charge in [-0.1, -0.05) is 0 Å².